The predicted molar refractivity (Wildman–Crippen MR) is 88.8 cm³/mol. The van der Waals surface area contributed by atoms with E-state index in [4.69, 9.17) is 10.00 Å². The van der Waals surface area contributed by atoms with Crippen LogP contribution >= 0.6 is 15.9 Å². The van der Waals surface area contributed by atoms with Gasteiger partial charge in [0.05, 0.1) is 17.2 Å². The highest BCUT2D eigenvalue weighted by Gasteiger charge is 2.19. The lowest BCUT2D eigenvalue weighted by Gasteiger charge is -2.13. The third-order valence-electron chi connectivity index (χ3n) is 3.01. The summed E-state index contributed by atoms with van der Waals surface area (Å²) < 4.78 is 5.98. The summed E-state index contributed by atoms with van der Waals surface area (Å²) >= 11 is 3.28. The second kappa shape index (κ2) is 7.56. The van der Waals surface area contributed by atoms with Gasteiger partial charge in [0.1, 0.15) is 0 Å². The summed E-state index contributed by atoms with van der Waals surface area (Å²) in [6.07, 6.45) is -0.943. The third-order valence-corrected chi connectivity index (χ3v) is 3.54. The summed E-state index contributed by atoms with van der Waals surface area (Å²) in [6, 6.07) is 15.1. The Labute approximate surface area is 142 Å². The van der Waals surface area contributed by atoms with Gasteiger partial charge in [0.25, 0.3) is 5.91 Å². The van der Waals surface area contributed by atoms with Crippen LogP contribution in [0.2, 0.25) is 0 Å². The quantitative estimate of drug-likeness (QED) is 0.832. The van der Waals surface area contributed by atoms with Crippen LogP contribution in [-0.4, -0.2) is 18.0 Å². The molecule has 0 spiro atoms. The molecule has 23 heavy (non-hydrogen) atoms. The maximum Gasteiger partial charge on any atom is 0.338 e. The van der Waals surface area contributed by atoms with Gasteiger partial charge in [0.15, 0.2) is 6.10 Å². The number of ether oxygens (including phenoxy) is 1. The minimum absolute atomic E-state index is 0.367. The largest absolute Gasteiger partial charge is 0.449 e. The molecule has 0 aliphatic rings. The van der Waals surface area contributed by atoms with E-state index in [-0.39, 0.29) is 0 Å². The Morgan fingerprint density at radius 3 is 2.30 bits per heavy atom. The molecule has 0 heterocycles. The van der Waals surface area contributed by atoms with E-state index in [9.17, 15) is 9.59 Å². The van der Waals surface area contributed by atoms with Crippen molar-refractivity contribution >= 4 is 33.5 Å². The Morgan fingerprint density at radius 1 is 1.13 bits per heavy atom. The predicted octanol–water partition coefficient (Wildman–Crippen LogP) is 3.50. The molecular formula is C17H13BrN2O3. The van der Waals surface area contributed by atoms with Crippen LogP contribution in [0.3, 0.4) is 0 Å². The minimum atomic E-state index is -0.943. The van der Waals surface area contributed by atoms with Gasteiger partial charge in [-0.15, -0.1) is 0 Å². The van der Waals surface area contributed by atoms with E-state index in [1.807, 2.05) is 6.07 Å². The average molecular weight is 373 g/mol. The topological polar surface area (TPSA) is 79.2 Å². The molecule has 1 amide bonds. The second-order valence-electron chi connectivity index (χ2n) is 4.73. The van der Waals surface area contributed by atoms with E-state index in [0.717, 1.165) is 4.47 Å². The number of nitrogens with zero attached hydrogens (tertiary/aromatic N) is 1. The van der Waals surface area contributed by atoms with E-state index in [2.05, 4.69) is 21.2 Å². The number of halogens is 1. The lowest BCUT2D eigenvalue weighted by Crippen LogP contribution is -2.30. The SMILES string of the molecule is C[C@H](OC(=O)c1ccc(Br)cc1)C(=O)Nc1ccc(C#N)cc1. The van der Waals surface area contributed by atoms with Crippen LogP contribution in [0.25, 0.3) is 0 Å². The number of esters is 1. The molecule has 116 valence electrons. The normalized spacial score (nSPS) is 11.2. The number of hydrogen-bond acceptors (Lipinski definition) is 4. The van der Waals surface area contributed by atoms with Crippen molar-refractivity contribution in [1.29, 1.82) is 5.26 Å². The van der Waals surface area contributed by atoms with Crippen LogP contribution in [0.5, 0.6) is 0 Å². The standard InChI is InChI=1S/C17H13BrN2O3/c1-11(23-17(22)13-4-6-14(18)7-5-13)16(21)20-15-8-2-12(10-19)3-9-15/h2-9,11H,1H3,(H,20,21)/t11-/m0/s1. The fourth-order valence-electron chi connectivity index (χ4n) is 1.74. The molecule has 0 saturated heterocycles. The number of hydrogen-bond donors (Lipinski definition) is 1. The van der Waals surface area contributed by atoms with Gasteiger partial charge in [-0.25, -0.2) is 4.79 Å². The molecule has 2 rings (SSSR count). The molecule has 0 bridgehead atoms. The van der Waals surface area contributed by atoms with Crippen molar-refractivity contribution in [2.45, 2.75) is 13.0 Å². The zero-order valence-electron chi connectivity index (χ0n) is 12.2. The first-order chi connectivity index (χ1) is 11.0. The van der Waals surface area contributed by atoms with E-state index < -0.39 is 18.0 Å². The molecule has 6 heteroatoms. The molecule has 0 unspecified atom stereocenters. The number of rotatable bonds is 4. The molecule has 2 aromatic carbocycles. The zero-order chi connectivity index (χ0) is 16.8. The van der Waals surface area contributed by atoms with Crippen molar-refractivity contribution in [3.63, 3.8) is 0 Å². The first-order valence-corrected chi connectivity index (χ1v) is 7.56. The number of carbonyl (C=O) groups is 2. The summed E-state index contributed by atoms with van der Waals surface area (Å²) in [4.78, 5) is 24.0. The summed E-state index contributed by atoms with van der Waals surface area (Å²) in [7, 11) is 0. The van der Waals surface area contributed by atoms with E-state index >= 15 is 0 Å². The molecule has 1 N–H and O–H groups in total. The van der Waals surface area contributed by atoms with Crippen LogP contribution < -0.4 is 5.32 Å². The van der Waals surface area contributed by atoms with Crippen LogP contribution in [0.4, 0.5) is 5.69 Å². The molecule has 5 nitrogen and oxygen atoms in total. The maximum atomic E-state index is 12.0. The molecule has 0 fully saturated rings. The van der Waals surface area contributed by atoms with Crippen molar-refractivity contribution in [2.75, 3.05) is 5.32 Å². The van der Waals surface area contributed by atoms with Gasteiger partial charge in [-0.1, -0.05) is 15.9 Å². The Morgan fingerprint density at radius 2 is 1.74 bits per heavy atom. The van der Waals surface area contributed by atoms with Gasteiger partial charge >= 0.3 is 5.97 Å². The molecule has 0 radical (unpaired) electrons. The molecule has 0 saturated carbocycles. The van der Waals surface area contributed by atoms with Crippen molar-refractivity contribution in [3.8, 4) is 6.07 Å². The zero-order valence-corrected chi connectivity index (χ0v) is 13.8. The molecular weight excluding hydrogens is 360 g/mol. The van der Waals surface area contributed by atoms with Crippen LogP contribution in [-0.2, 0) is 9.53 Å². The summed E-state index contributed by atoms with van der Waals surface area (Å²) in [5.74, 6) is -1.01. The van der Waals surface area contributed by atoms with E-state index in [1.165, 1.54) is 6.92 Å². The average Bonchev–Trinajstić information content (AvgIpc) is 2.56. The highest BCUT2D eigenvalue weighted by Crippen LogP contribution is 2.13. The molecule has 0 aromatic heterocycles. The highest BCUT2D eigenvalue weighted by molar-refractivity contribution is 9.10. The summed E-state index contributed by atoms with van der Waals surface area (Å²) in [5, 5.41) is 11.4. The Balaban J connectivity index is 1.95. The number of anilines is 1. The van der Waals surface area contributed by atoms with Gasteiger partial charge < -0.3 is 10.1 Å². The Kier molecular flexibility index (Phi) is 5.50. The molecule has 2 aromatic rings. The summed E-state index contributed by atoms with van der Waals surface area (Å²) in [5.41, 5.74) is 1.39. The van der Waals surface area contributed by atoms with Crippen LogP contribution in [0.1, 0.15) is 22.8 Å². The number of carbonyl (C=O) groups excluding carboxylic acids is 2. The fourth-order valence-corrected chi connectivity index (χ4v) is 2.00. The minimum Gasteiger partial charge on any atom is -0.449 e. The van der Waals surface area contributed by atoms with Crippen molar-refractivity contribution in [2.24, 2.45) is 0 Å². The van der Waals surface area contributed by atoms with Crippen LogP contribution in [0, 0.1) is 11.3 Å². The van der Waals surface area contributed by atoms with Crippen molar-refractivity contribution in [1.82, 2.24) is 0 Å². The highest BCUT2D eigenvalue weighted by atomic mass is 79.9. The van der Waals surface area contributed by atoms with Gasteiger partial charge in [-0.2, -0.15) is 5.26 Å². The smallest absolute Gasteiger partial charge is 0.338 e. The maximum absolute atomic E-state index is 12.0. The first-order valence-electron chi connectivity index (χ1n) is 6.77. The lowest BCUT2D eigenvalue weighted by atomic mass is 10.2. The van der Waals surface area contributed by atoms with E-state index in [0.29, 0.717) is 16.8 Å². The van der Waals surface area contributed by atoms with Crippen molar-refractivity contribution in [3.05, 3.63) is 64.1 Å². The third kappa shape index (κ3) is 4.66. The number of nitrogens with one attached hydrogen (secondary N) is 1. The first kappa shape index (κ1) is 16.7. The van der Waals surface area contributed by atoms with E-state index in [1.54, 1.807) is 48.5 Å². The number of nitriles is 1. The summed E-state index contributed by atoms with van der Waals surface area (Å²) in [6.45, 7) is 1.50. The fraction of sp³-hybridized carbons (Fsp3) is 0.118. The van der Waals surface area contributed by atoms with Gasteiger partial charge in [0, 0.05) is 10.2 Å². The number of amides is 1. The Bertz CT molecular complexity index is 749. The monoisotopic (exact) mass is 372 g/mol. The molecule has 1 atom stereocenters. The number of benzene rings is 2. The lowest BCUT2D eigenvalue weighted by molar-refractivity contribution is -0.123. The molecule has 0 aliphatic carbocycles. The Hall–Kier alpha value is -2.65. The second-order valence-corrected chi connectivity index (χ2v) is 5.65. The van der Waals surface area contributed by atoms with Crippen molar-refractivity contribution < 1.29 is 14.3 Å². The van der Waals surface area contributed by atoms with Gasteiger partial charge in [0.2, 0.25) is 0 Å². The van der Waals surface area contributed by atoms with Crippen LogP contribution in [0.15, 0.2) is 53.0 Å². The van der Waals surface area contributed by atoms with Gasteiger partial charge in [-0.05, 0) is 55.5 Å². The molecule has 0 aliphatic heterocycles. The van der Waals surface area contributed by atoms with Gasteiger partial charge in [-0.3, -0.25) is 4.79 Å².